The number of halogens is 6. The van der Waals surface area contributed by atoms with Crippen LogP contribution in [-0.4, -0.2) is 9.38 Å². The first-order valence-corrected chi connectivity index (χ1v) is 12.5. The zero-order valence-corrected chi connectivity index (χ0v) is 21.6. The maximum atomic E-state index is 14.9. The SMILES string of the molecule is Cc1cccn2c(=O)c(-c3ccc(F)c(-c4ccc(C(F)(F)F)cc4Cl)c3)c([O-])[n+](Cc3cnc(Cl)s3)c12. The van der Waals surface area contributed by atoms with Crippen LogP contribution in [0.25, 0.3) is 27.9 Å². The van der Waals surface area contributed by atoms with Crippen LogP contribution in [0, 0.1) is 12.7 Å². The highest BCUT2D eigenvalue weighted by Crippen LogP contribution is 2.38. The summed E-state index contributed by atoms with van der Waals surface area (Å²) < 4.78 is 57.2. The Morgan fingerprint density at radius 2 is 1.87 bits per heavy atom. The molecule has 0 aliphatic carbocycles. The number of aromatic nitrogens is 3. The lowest BCUT2D eigenvalue weighted by Gasteiger charge is -2.18. The summed E-state index contributed by atoms with van der Waals surface area (Å²) >= 11 is 13.2. The average Bonchev–Trinajstić information content (AvgIpc) is 3.27. The van der Waals surface area contributed by atoms with Crippen molar-refractivity contribution in [2.45, 2.75) is 19.6 Å². The molecule has 5 aromatic rings. The highest BCUT2D eigenvalue weighted by atomic mass is 35.5. The van der Waals surface area contributed by atoms with E-state index in [0.29, 0.717) is 26.6 Å². The number of benzene rings is 2. The highest BCUT2D eigenvalue weighted by Gasteiger charge is 2.31. The monoisotopic (exact) mass is 579 g/mol. The van der Waals surface area contributed by atoms with Gasteiger partial charge in [0.2, 0.25) is 0 Å². The lowest BCUT2D eigenvalue weighted by atomic mass is 9.98. The number of aryl methyl sites for hydroxylation is 1. The molecule has 0 spiro atoms. The molecule has 0 radical (unpaired) electrons. The summed E-state index contributed by atoms with van der Waals surface area (Å²) in [5.74, 6) is -1.42. The number of fused-ring (bicyclic) bond motifs is 1. The van der Waals surface area contributed by atoms with Crippen LogP contribution in [0.3, 0.4) is 0 Å². The zero-order chi connectivity index (χ0) is 27.4. The summed E-state index contributed by atoms with van der Waals surface area (Å²) in [4.78, 5) is 18.2. The Kier molecular flexibility index (Phi) is 6.66. The Balaban J connectivity index is 1.74. The van der Waals surface area contributed by atoms with Crippen LogP contribution in [0.2, 0.25) is 9.49 Å². The lowest BCUT2D eigenvalue weighted by molar-refractivity contribution is -0.707. The average molecular weight is 580 g/mol. The fourth-order valence-electron chi connectivity index (χ4n) is 4.26. The van der Waals surface area contributed by atoms with Crippen LogP contribution in [-0.2, 0) is 12.7 Å². The molecule has 0 aliphatic heterocycles. The fourth-order valence-corrected chi connectivity index (χ4v) is 5.51. The van der Waals surface area contributed by atoms with E-state index in [4.69, 9.17) is 23.2 Å². The van der Waals surface area contributed by atoms with Gasteiger partial charge in [-0.2, -0.15) is 17.6 Å². The van der Waals surface area contributed by atoms with E-state index in [-0.39, 0.29) is 33.8 Å². The Morgan fingerprint density at radius 3 is 2.53 bits per heavy atom. The number of pyridine rings is 1. The van der Waals surface area contributed by atoms with Gasteiger partial charge in [-0.3, -0.25) is 0 Å². The second-order valence-electron chi connectivity index (χ2n) is 8.42. The molecule has 0 atom stereocenters. The van der Waals surface area contributed by atoms with Crippen LogP contribution >= 0.6 is 34.5 Å². The number of hydrogen-bond donors (Lipinski definition) is 0. The predicted octanol–water partition coefficient (Wildman–Crippen LogP) is 6.27. The molecule has 0 aliphatic rings. The minimum Gasteiger partial charge on any atom is -0.842 e. The van der Waals surface area contributed by atoms with Gasteiger partial charge in [0.1, 0.15) is 17.9 Å². The number of nitrogens with zero attached hydrogens (tertiary/aromatic N) is 3. The van der Waals surface area contributed by atoms with Gasteiger partial charge in [0, 0.05) is 27.9 Å². The van der Waals surface area contributed by atoms with Crippen molar-refractivity contribution in [1.29, 1.82) is 0 Å². The largest absolute Gasteiger partial charge is 0.842 e. The predicted molar refractivity (Wildman–Crippen MR) is 135 cm³/mol. The zero-order valence-electron chi connectivity index (χ0n) is 19.3. The van der Waals surface area contributed by atoms with Crippen molar-refractivity contribution in [3.8, 4) is 28.1 Å². The number of alkyl halides is 3. The van der Waals surface area contributed by atoms with E-state index in [0.717, 1.165) is 18.2 Å². The minimum absolute atomic E-state index is 0.0182. The molecule has 0 saturated carbocycles. The summed E-state index contributed by atoms with van der Waals surface area (Å²) in [5.41, 5.74) is -0.928. The number of thiazole rings is 1. The first-order chi connectivity index (χ1) is 18.0. The van der Waals surface area contributed by atoms with Crippen molar-refractivity contribution in [1.82, 2.24) is 9.38 Å². The molecule has 12 heteroatoms. The quantitative estimate of drug-likeness (QED) is 0.186. The third-order valence-electron chi connectivity index (χ3n) is 5.99. The molecule has 0 saturated heterocycles. The van der Waals surface area contributed by atoms with Crippen molar-refractivity contribution in [2.75, 3.05) is 0 Å². The Labute approximate surface area is 226 Å². The van der Waals surface area contributed by atoms with Crippen LogP contribution in [0.5, 0.6) is 5.88 Å². The maximum absolute atomic E-state index is 14.9. The first-order valence-electron chi connectivity index (χ1n) is 11.0. The van der Waals surface area contributed by atoms with E-state index in [2.05, 4.69) is 4.98 Å². The molecule has 0 amide bonds. The molecular weight excluding hydrogens is 565 g/mol. The minimum atomic E-state index is -4.63. The topological polar surface area (TPSA) is 61.3 Å². The molecule has 2 aromatic carbocycles. The molecule has 38 heavy (non-hydrogen) atoms. The molecule has 5 rings (SSSR count). The Morgan fingerprint density at radius 1 is 1.11 bits per heavy atom. The molecule has 0 N–H and O–H groups in total. The van der Waals surface area contributed by atoms with E-state index in [1.807, 2.05) is 0 Å². The van der Waals surface area contributed by atoms with Gasteiger partial charge in [0.15, 0.2) is 4.47 Å². The molecule has 0 fully saturated rings. The summed E-state index contributed by atoms with van der Waals surface area (Å²) in [6, 6.07) is 9.49. The van der Waals surface area contributed by atoms with Crippen molar-refractivity contribution in [3.05, 3.63) is 103 Å². The molecule has 5 nitrogen and oxygen atoms in total. The maximum Gasteiger partial charge on any atom is 0.416 e. The third kappa shape index (κ3) is 4.63. The third-order valence-corrected chi connectivity index (χ3v) is 7.40. The number of hydrogen-bond acceptors (Lipinski definition) is 4. The lowest BCUT2D eigenvalue weighted by Crippen LogP contribution is -2.44. The van der Waals surface area contributed by atoms with Crippen LogP contribution < -0.4 is 15.2 Å². The van der Waals surface area contributed by atoms with Gasteiger partial charge < -0.3 is 5.11 Å². The summed E-state index contributed by atoms with van der Waals surface area (Å²) in [6.45, 7) is 1.83. The van der Waals surface area contributed by atoms with Crippen molar-refractivity contribution in [3.63, 3.8) is 0 Å². The van der Waals surface area contributed by atoms with E-state index in [9.17, 15) is 27.5 Å². The Bertz CT molecular complexity index is 1780. The smallest absolute Gasteiger partial charge is 0.416 e. The van der Waals surface area contributed by atoms with Gasteiger partial charge in [-0.1, -0.05) is 35.3 Å². The van der Waals surface area contributed by atoms with Crippen molar-refractivity contribution in [2.24, 2.45) is 0 Å². The number of rotatable bonds is 4. The summed E-state index contributed by atoms with van der Waals surface area (Å²) in [5, 5.41) is 13.4. The van der Waals surface area contributed by atoms with E-state index in [1.165, 1.54) is 44.8 Å². The van der Waals surface area contributed by atoms with Gasteiger partial charge in [-0.15, -0.1) is 11.3 Å². The van der Waals surface area contributed by atoms with Gasteiger partial charge in [0.25, 0.3) is 5.65 Å². The summed E-state index contributed by atoms with van der Waals surface area (Å²) in [7, 11) is 0. The first kappa shape index (κ1) is 26.1. The highest BCUT2D eigenvalue weighted by molar-refractivity contribution is 7.15. The van der Waals surface area contributed by atoms with Gasteiger partial charge in [0.05, 0.1) is 22.5 Å². The van der Waals surface area contributed by atoms with E-state index < -0.39 is 29.0 Å². The second-order valence-corrected chi connectivity index (χ2v) is 10.5. The van der Waals surface area contributed by atoms with Gasteiger partial charge >= 0.3 is 11.7 Å². The van der Waals surface area contributed by atoms with Crippen LogP contribution in [0.1, 0.15) is 16.0 Å². The molecule has 0 bridgehead atoms. The molecule has 194 valence electrons. The molecular formula is C26H15Cl2F4N3O2S. The Hall–Kier alpha value is -3.47. The standard InChI is InChI=1S/C26H15Cl2F4N3O2S/c1-13-3-2-8-34-22(13)35(12-16-11-33-25(28)38-16)24(37)21(23(34)36)14-4-7-20(29)18(9-14)17-6-5-15(10-19(17)27)26(30,31)32/h2-11H,12H2,1H3. The fraction of sp³-hybridized carbons (Fsp3) is 0.115. The molecule has 3 aromatic heterocycles. The second kappa shape index (κ2) is 9.68. The van der Waals surface area contributed by atoms with Crippen molar-refractivity contribution < 1.29 is 27.2 Å². The van der Waals surface area contributed by atoms with E-state index >= 15 is 0 Å². The molecule has 0 unspecified atom stereocenters. The molecule has 3 heterocycles. The van der Waals surface area contributed by atoms with Gasteiger partial charge in [-0.05, 0) is 48.9 Å². The van der Waals surface area contributed by atoms with E-state index in [1.54, 1.807) is 19.1 Å². The van der Waals surface area contributed by atoms with Crippen molar-refractivity contribution >= 4 is 40.2 Å². The van der Waals surface area contributed by atoms with Gasteiger partial charge in [-0.25, -0.2) is 18.7 Å². The van der Waals surface area contributed by atoms with Crippen LogP contribution in [0.4, 0.5) is 17.6 Å². The summed E-state index contributed by atoms with van der Waals surface area (Å²) in [6.07, 6.45) is -1.59. The normalized spacial score (nSPS) is 11.9. The van der Waals surface area contributed by atoms with Crippen LogP contribution in [0.15, 0.2) is 65.7 Å².